The first-order valence-electron chi connectivity index (χ1n) is 16.2. The summed E-state index contributed by atoms with van der Waals surface area (Å²) < 4.78 is 12.1. The molecule has 242 valence electrons. The molecule has 0 radical (unpaired) electrons. The first kappa shape index (κ1) is 31.2. The van der Waals surface area contributed by atoms with Crippen molar-refractivity contribution in [2.75, 3.05) is 23.4 Å². The van der Waals surface area contributed by atoms with E-state index < -0.39 is 17.8 Å². The van der Waals surface area contributed by atoms with Crippen molar-refractivity contribution in [2.45, 2.75) is 50.9 Å². The summed E-state index contributed by atoms with van der Waals surface area (Å²) in [5, 5.41) is 5.09. The fraction of sp³-hybridized carbons (Fsp3) is 0.351. The third kappa shape index (κ3) is 6.18. The number of urea groups is 1. The van der Waals surface area contributed by atoms with E-state index >= 15 is 0 Å². The number of hydrogen-bond acceptors (Lipinski definition) is 6. The molecule has 9 nitrogen and oxygen atoms in total. The van der Waals surface area contributed by atoms with Crippen molar-refractivity contribution in [3.63, 3.8) is 0 Å². The van der Waals surface area contributed by atoms with E-state index in [1.165, 1.54) is 50.2 Å². The van der Waals surface area contributed by atoms with Gasteiger partial charge in [-0.1, -0.05) is 46.3 Å². The molecule has 8 rings (SSSR count). The van der Waals surface area contributed by atoms with E-state index in [9.17, 15) is 19.2 Å². The predicted molar refractivity (Wildman–Crippen MR) is 181 cm³/mol. The van der Waals surface area contributed by atoms with Gasteiger partial charge in [-0.2, -0.15) is 0 Å². The van der Waals surface area contributed by atoms with E-state index in [0.29, 0.717) is 39.5 Å². The Bertz CT molecular complexity index is 1740. The number of nitrogens with zero attached hydrogens (tertiary/aromatic N) is 1. The highest BCUT2D eigenvalue weighted by molar-refractivity contribution is 9.10. The number of halogens is 1. The summed E-state index contributed by atoms with van der Waals surface area (Å²) in [7, 11) is 0. The number of rotatable bonds is 9. The first-order chi connectivity index (χ1) is 22.7. The minimum Gasteiger partial charge on any atom is -0.490 e. The average Bonchev–Trinajstić information content (AvgIpc) is 3.03. The molecule has 4 aliphatic carbocycles. The van der Waals surface area contributed by atoms with Crippen LogP contribution >= 0.6 is 15.9 Å². The number of carbonyl (C=O) groups excluding carboxylic acids is 4. The Morgan fingerprint density at radius 3 is 2.21 bits per heavy atom. The van der Waals surface area contributed by atoms with Crippen LogP contribution < -0.4 is 25.0 Å². The molecule has 0 atom stereocenters. The number of ether oxygens (including phenoxy) is 2. The molecule has 4 saturated carbocycles. The largest absolute Gasteiger partial charge is 0.490 e. The molecule has 5 aliphatic rings. The molecule has 1 aliphatic heterocycles. The molecule has 0 aromatic heterocycles. The molecule has 2 N–H and O–H groups in total. The average molecular weight is 699 g/mol. The number of carbonyl (C=O) groups is 4. The third-order valence-electron chi connectivity index (χ3n) is 9.96. The van der Waals surface area contributed by atoms with E-state index in [1.807, 2.05) is 37.3 Å². The molecular formula is C37H36BrN3O6. The molecule has 0 spiro atoms. The Morgan fingerprint density at radius 1 is 0.936 bits per heavy atom. The maximum Gasteiger partial charge on any atom is 0.335 e. The zero-order valence-electron chi connectivity index (χ0n) is 26.1. The maximum absolute atomic E-state index is 13.7. The van der Waals surface area contributed by atoms with Gasteiger partial charge in [0.1, 0.15) is 5.57 Å². The Balaban J connectivity index is 1.10. The van der Waals surface area contributed by atoms with E-state index in [4.69, 9.17) is 9.47 Å². The van der Waals surface area contributed by atoms with Crippen molar-refractivity contribution in [2.24, 2.45) is 17.8 Å². The van der Waals surface area contributed by atoms with Crippen LogP contribution in [-0.2, 0) is 19.8 Å². The summed E-state index contributed by atoms with van der Waals surface area (Å²) in [6, 6.07) is 19.3. The molecule has 10 heteroatoms. The van der Waals surface area contributed by atoms with Gasteiger partial charge in [-0.15, -0.1) is 0 Å². The van der Waals surface area contributed by atoms with Crippen LogP contribution in [0.2, 0.25) is 0 Å². The maximum atomic E-state index is 13.7. The van der Waals surface area contributed by atoms with Crippen LogP contribution in [-0.4, -0.2) is 37.0 Å². The molecule has 3 aromatic rings. The lowest BCUT2D eigenvalue weighted by Gasteiger charge is -2.57. The van der Waals surface area contributed by atoms with E-state index in [0.717, 1.165) is 22.7 Å². The lowest BCUT2D eigenvalue weighted by molar-refractivity contribution is -0.122. The van der Waals surface area contributed by atoms with Crippen molar-refractivity contribution in [1.29, 1.82) is 0 Å². The molecule has 47 heavy (non-hydrogen) atoms. The topological polar surface area (TPSA) is 114 Å². The minimum absolute atomic E-state index is 0.189. The van der Waals surface area contributed by atoms with Crippen molar-refractivity contribution < 1.29 is 28.7 Å². The van der Waals surface area contributed by atoms with Crippen molar-refractivity contribution in [3.05, 3.63) is 87.9 Å². The van der Waals surface area contributed by atoms with Crippen LogP contribution in [0.1, 0.15) is 56.6 Å². The van der Waals surface area contributed by atoms with Gasteiger partial charge < -0.3 is 14.8 Å². The fourth-order valence-corrected chi connectivity index (χ4v) is 8.82. The summed E-state index contributed by atoms with van der Waals surface area (Å²) in [6.07, 6.45) is 9.12. The highest BCUT2D eigenvalue weighted by Crippen LogP contribution is 2.60. The van der Waals surface area contributed by atoms with Crippen LogP contribution in [0.15, 0.2) is 76.8 Å². The summed E-state index contributed by atoms with van der Waals surface area (Å²) in [6.45, 7) is 1.86. The highest BCUT2D eigenvalue weighted by atomic mass is 79.9. The first-order valence-corrected chi connectivity index (χ1v) is 17.0. The third-order valence-corrected chi connectivity index (χ3v) is 10.6. The van der Waals surface area contributed by atoms with Crippen molar-refractivity contribution in [1.82, 2.24) is 5.32 Å². The Kier molecular flexibility index (Phi) is 8.38. The van der Waals surface area contributed by atoms with Crippen molar-refractivity contribution >= 4 is 57.1 Å². The summed E-state index contributed by atoms with van der Waals surface area (Å²) in [5.74, 6) is 1.19. The second-order valence-electron chi connectivity index (χ2n) is 13.2. The van der Waals surface area contributed by atoms with Crippen LogP contribution in [0.25, 0.3) is 6.08 Å². The van der Waals surface area contributed by atoms with Gasteiger partial charge in [0, 0.05) is 10.2 Å². The number of barbiturate groups is 1. The molecule has 5 amide bonds. The summed E-state index contributed by atoms with van der Waals surface area (Å²) in [4.78, 5) is 53.2. The van der Waals surface area contributed by atoms with Gasteiger partial charge in [-0.05, 0) is 122 Å². The molecule has 0 unspecified atom stereocenters. The number of para-hydroxylation sites is 1. The van der Waals surface area contributed by atoms with Crippen LogP contribution in [0.4, 0.5) is 16.2 Å². The fourth-order valence-electron chi connectivity index (χ4n) is 8.38. The van der Waals surface area contributed by atoms with Gasteiger partial charge in [0.15, 0.2) is 18.1 Å². The standard InChI is InChI=1S/C37H36BrN3O6/c1-2-46-31-16-25(30(38)17-32(31)47-21-33(42)39-27-6-4-3-5-7-27)15-29-34(43)40-36(45)41(35(29)44)28-10-8-26(9-11-28)37-18-22-12-23(19-37)14-24(13-22)20-37/h3-11,15-17,22-24H,2,12-14,18-21H2,1H3,(H,39,42)(H,40,43,45)/b29-15+. The quantitative estimate of drug-likeness (QED) is 0.184. The number of nitrogens with one attached hydrogen (secondary N) is 2. The molecule has 1 saturated heterocycles. The molecule has 4 bridgehead atoms. The number of anilines is 2. The molecule has 3 aromatic carbocycles. The lowest BCUT2D eigenvalue weighted by atomic mass is 9.48. The monoisotopic (exact) mass is 697 g/mol. The van der Waals surface area contributed by atoms with Gasteiger partial charge in [-0.25, -0.2) is 9.69 Å². The van der Waals surface area contributed by atoms with E-state index in [1.54, 1.807) is 24.3 Å². The van der Waals surface area contributed by atoms with Gasteiger partial charge in [0.25, 0.3) is 17.7 Å². The van der Waals surface area contributed by atoms with Crippen LogP contribution in [0.3, 0.4) is 0 Å². The number of benzene rings is 3. The van der Waals surface area contributed by atoms with E-state index in [2.05, 4.69) is 38.7 Å². The zero-order valence-corrected chi connectivity index (χ0v) is 27.7. The predicted octanol–water partition coefficient (Wildman–Crippen LogP) is 7.00. The van der Waals surface area contributed by atoms with Crippen LogP contribution in [0, 0.1) is 17.8 Å². The highest BCUT2D eigenvalue weighted by Gasteiger charge is 2.51. The van der Waals surface area contributed by atoms with E-state index in [-0.39, 0.29) is 23.5 Å². The summed E-state index contributed by atoms with van der Waals surface area (Å²) >= 11 is 3.50. The minimum atomic E-state index is -0.788. The van der Waals surface area contributed by atoms with Gasteiger partial charge >= 0.3 is 6.03 Å². The van der Waals surface area contributed by atoms with Crippen molar-refractivity contribution in [3.8, 4) is 11.5 Å². The Hall–Kier alpha value is -4.44. The van der Waals surface area contributed by atoms with Gasteiger partial charge in [0.05, 0.1) is 12.3 Å². The second-order valence-corrected chi connectivity index (χ2v) is 14.0. The number of imide groups is 2. The normalized spacial score (nSPS) is 25.6. The zero-order chi connectivity index (χ0) is 32.7. The lowest BCUT2D eigenvalue weighted by Crippen LogP contribution is -2.54. The van der Waals surface area contributed by atoms with Gasteiger partial charge in [-0.3, -0.25) is 19.7 Å². The smallest absolute Gasteiger partial charge is 0.335 e. The van der Waals surface area contributed by atoms with Gasteiger partial charge in [0.2, 0.25) is 0 Å². The molecular weight excluding hydrogens is 662 g/mol. The van der Waals surface area contributed by atoms with Crippen LogP contribution in [0.5, 0.6) is 11.5 Å². The molecule has 5 fully saturated rings. The molecule has 1 heterocycles. The number of amides is 5. The Labute approximate surface area is 281 Å². The second kappa shape index (κ2) is 12.6. The SMILES string of the molecule is CCOc1cc(/C=C2\C(=O)NC(=O)N(c3ccc(C45CC6CC(CC(C6)C4)C5)cc3)C2=O)c(Br)cc1OCC(=O)Nc1ccccc1. The number of hydrogen-bond donors (Lipinski definition) is 2. The summed E-state index contributed by atoms with van der Waals surface area (Å²) in [5.41, 5.74) is 2.79. The Morgan fingerprint density at radius 2 is 1.57 bits per heavy atom.